The smallest absolute Gasteiger partial charge is 0.0648 e. The van der Waals surface area contributed by atoms with Gasteiger partial charge < -0.3 is 9.55 Å². The Morgan fingerprint density at radius 2 is 1.26 bits per heavy atom. The third-order valence-corrected chi connectivity index (χ3v) is 6.70. The van der Waals surface area contributed by atoms with Crippen LogP contribution in [0.5, 0.6) is 0 Å². The van der Waals surface area contributed by atoms with Crippen LogP contribution in [0.3, 0.4) is 0 Å². The molecule has 0 aliphatic carbocycles. The molecule has 7 aromatic rings. The van der Waals surface area contributed by atoms with Crippen LogP contribution in [-0.2, 0) is 0 Å². The van der Waals surface area contributed by atoms with Crippen molar-refractivity contribution in [1.29, 1.82) is 0 Å². The standard InChI is InChI=1S/C28H17ClN2/c29-20-10-4-6-12-24(20)31-23-11-5-3-9-19(23)27-25(31)16-15-22-28(27)26-18-8-2-1-7-17(18)13-14-21(26)30-22/h1-16,30H. The van der Waals surface area contributed by atoms with Gasteiger partial charge in [0.2, 0.25) is 0 Å². The van der Waals surface area contributed by atoms with E-state index in [1.165, 1.54) is 32.3 Å². The first kappa shape index (κ1) is 17.0. The van der Waals surface area contributed by atoms with Crippen molar-refractivity contribution in [2.24, 2.45) is 0 Å². The summed E-state index contributed by atoms with van der Waals surface area (Å²) in [6.45, 7) is 0. The van der Waals surface area contributed by atoms with Gasteiger partial charge in [-0.15, -0.1) is 0 Å². The Morgan fingerprint density at radius 1 is 0.548 bits per heavy atom. The Bertz CT molecular complexity index is 1800. The van der Waals surface area contributed by atoms with Crippen molar-refractivity contribution in [2.45, 2.75) is 0 Å². The van der Waals surface area contributed by atoms with E-state index in [0.717, 1.165) is 32.8 Å². The molecule has 0 spiro atoms. The van der Waals surface area contributed by atoms with Crippen LogP contribution in [0.25, 0.3) is 60.1 Å². The van der Waals surface area contributed by atoms with E-state index in [4.69, 9.17) is 11.6 Å². The molecule has 0 aliphatic rings. The first-order chi connectivity index (χ1) is 15.3. The number of H-pyrrole nitrogens is 1. The molecule has 0 bridgehead atoms. The molecule has 0 radical (unpaired) electrons. The Labute approximate surface area is 183 Å². The molecule has 2 nitrogen and oxygen atoms in total. The zero-order valence-electron chi connectivity index (χ0n) is 16.6. The third-order valence-electron chi connectivity index (χ3n) is 6.38. The van der Waals surface area contributed by atoms with Crippen molar-refractivity contribution in [1.82, 2.24) is 9.55 Å². The number of halogens is 1. The normalized spacial score (nSPS) is 12.0. The second-order valence-corrected chi connectivity index (χ2v) is 8.43. The lowest BCUT2D eigenvalue weighted by atomic mass is 10.0. The van der Waals surface area contributed by atoms with Gasteiger partial charge in [0.05, 0.1) is 21.7 Å². The minimum absolute atomic E-state index is 0.745. The summed E-state index contributed by atoms with van der Waals surface area (Å²) in [6.07, 6.45) is 0. The number of aromatic amines is 1. The minimum Gasteiger partial charge on any atom is -0.354 e. The van der Waals surface area contributed by atoms with Crippen molar-refractivity contribution in [2.75, 3.05) is 0 Å². The fourth-order valence-corrected chi connectivity index (χ4v) is 5.33. The van der Waals surface area contributed by atoms with E-state index < -0.39 is 0 Å². The molecule has 146 valence electrons. The van der Waals surface area contributed by atoms with Crippen LogP contribution in [-0.4, -0.2) is 9.55 Å². The zero-order chi connectivity index (χ0) is 20.5. The van der Waals surface area contributed by atoms with Crippen LogP contribution in [0.15, 0.2) is 97.1 Å². The summed E-state index contributed by atoms with van der Waals surface area (Å²) in [5.74, 6) is 0. The average Bonchev–Trinajstić information content (AvgIpc) is 3.35. The lowest BCUT2D eigenvalue weighted by molar-refractivity contribution is 1.18. The maximum atomic E-state index is 6.66. The van der Waals surface area contributed by atoms with Crippen molar-refractivity contribution >= 4 is 66.0 Å². The highest BCUT2D eigenvalue weighted by atomic mass is 35.5. The molecule has 0 amide bonds. The summed E-state index contributed by atoms with van der Waals surface area (Å²) in [5.41, 5.74) is 5.64. The highest BCUT2D eigenvalue weighted by molar-refractivity contribution is 6.34. The topological polar surface area (TPSA) is 20.7 Å². The van der Waals surface area contributed by atoms with Crippen LogP contribution < -0.4 is 0 Å². The van der Waals surface area contributed by atoms with E-state index in [0.29, 0.717) is 0 Å². The molecular weight excluding hydrogens is 400 g/mol. The number of rotatable bonds is 1. The van der Waals surface area contributed by atoms with E-state index >= 15 is 0 Å². The Morgan fingerprint density at radius 3 is 2.16 bits per heavy atom. The van der Waals surface area contributed by atoms with Crippen molar-refractivity contribution in [3.63, 3.8) is 0 Å². The fraction of sp³-hybridized carbons (Fsp3) is 0. The molecule has 2 heterocycles. The molecule has 0 saturated heterocycles. The number of para-hydroxylation sites is 2. The highest BCUT2D eigenvalue weighted by Gasteiger charge is 2.19. The SMILES string of the molecule is Clc1ccccc1-n1c2ccccc2c2c3c(ccc21)[nH]c1ccc2ccccc2c13. The van der Waals surface area contributed by atoms with Gasteiger partial charge in [-0.25, -0.2) is 0 Å². The zero-order valence-corrected chi connectivity index (χ0v) is 17.3. The van der Waals surface area contributed by atoms with Gasteiger partial charge in [0.25, 0.3) is 0 Å². The monoisotopic (exact) mass is 416 g/mol. The van der Waals surface area contributed by atoms with Gasteiger partial charge in [0.15, 0.2) is 0 Å². The fourth-order valence-electron chi connectivity index (χ4n) is 5.11. The molecule has 0 unspecified atom stereocenters. The molecule has 0 saturated carbocycles. The van der Waals surface area contributed by atoms with Crippen LogP contribution in [0.1, 0.15) is 0 Å². The molecule has 0 fully saturated rings. The summed E-state index contributed by atoms with van der Waals surface area (Å²) in [7, 11) is 0. The number of fused-ring (bicyclic) bond motifs is 9. The maximum absolute atomic E-state index is 6.66. The minimum atomic E-state index is 0.745. The number of aromatic nitrogens is 2. The van der Waals surface area contributed by atoms with Gasteiger partial charge in [0, 0.05) is 32.6 Å². The Kier molecular flexibility index (Phi) is 3.36. The van der Waals surface area contributed by atoms with Crippen LogP contribution in [0.2, 0.25) is 5.02 Å². The number of nitrogens with zero attached hydrogens (tertiary/aromatic N) is 1. The predicted molar refractivity (Wildman–Crippen MR) is 133 cm³/mol. The number of benzene rings is 5. The van der Waals surface area contributed by atoms with Gasteiger partial charge >= 0.3 is 0 Å². The molecule has 7 rings (SSSR count). The number of hydrogen-bond donors (Lipinski definition) is 1. The largest absolute Gasteiger partial charge is 0.354 e. The Hall–Kier alpha value is -3.75. The molecular formula is C28H17ClN2. The lowest BCUT2D eigenvalue weighted by Crippen LogP contribution is -1.94. The summed E-state index contributed by atoms with van der Waals surface area (Å²) < 4.78 is 2.29. The quantitative estimate of drug-likeness (QED) is 0.278. The molecule has 31 heavy (non-hydrogen) atoms. The predicted octanol–water partition coefficient (Wildman–Crippen LogP) is 8.22. The van der Waals surface area contributed by atoms with Crippen molar-refractivity contribution in [3.8, 4) is 5.69 Å². The second-order valence-electron chi connectivity index (χ2n) is 8.02. The van der Waals surface area contributed by atoms with Gasteiger partial charge in [-0.05, 0) is 47.2 Å². The van der Waals surface area contributed by atoms with Gasteiger partial charge in [-0.1, -0.05) is 72.3 Å². The van der Waals surface area contributed by atoms with E-state index in [2.05, 4.69) is 88.4 Å². The average molecular weight is 417 g/mol. The second kappa shape index (κ2) is 6.13. The summed E-state index contributed by atoms with van der Waals surface area (Å²) in [6, 6.07) is 34.1. The molecule has 3 heteroatoms. The summed E-state index contributed by atoms with van der Waals surface area (Å²) in [4.78, 5) is 3.65. The van der Waals surface area contributed by atoms with E-state index in [1.807, 2.05) is 18.2 Å². The van der Waals surface area contributed by atoms with E-state index in [1.54, 1.807) is 0 Å². The summed E-state index contributed by atoms with van der Waals surface area (Å²) >= 11 is 6.66. The van der Waals surface area contributed by atoms with Crippen molar-refractivity contribution in [3.05, 3.63) is 102 Å². The molecule has 5 aromatic carbocycles. The molecule has 1 N–H and O–H groups in total. The van der Waals surface area contributed by atoms with Gasteiger partial charge in [-0.3, -0.25) is 0 Å². The maximum Gasteiger partial charge on any atom is 0.0648 e. The number of nitrogens with one attached hydrogen (secondary N) is 1. The first-order valence-corrected chi connectivity index (χ1v) is 10.8. The Balaban J connectivity index is 1.79. The molecule has 0 aliphatic heterocycles. The summed E-state index contributed by atoms with van der Waals surface area (Å²) in [5, 5.41) is 8.31. The first-order valence-electron chi connectivity index (χ1n) is 10.4. The van der Waals surface area contributed by atoms with Crippen LogP contribution in [0.4, 0.5) is 0 Å². The highest BCUT2D eigenvalue weighted by Crippen LogP contribution is 2.42. The van der Waals surface area contributed by atoms with E-state index in [9.17, 15) is 0 Å². The van der Waals surface area contributed by atoms with Crippen LogP contribution >= 0.6 is 11.6 Å². The molecule has 0 atom stereocenters. The third kappa shape index (κ3) is 2.23. The van der Waals surface area contributed by atoms with Gasteiger partial charge in [0.1, 0.15) is 0 Å². The lowest BCUT2D eigenvalue weighted by Gasteiger charge is -2.09. The van der Waals surface area contributed by atoms with Crippen molar-refractivity contribution < 1.29 is 0 Å². The van der Waals surface area contributed by atoms with Gasteiger partial charge in [-0.2, -0.15) is 0 Å². The number of hydrogen-bond acceptors (Lipinski definition) is 0. The molecule has 2 aromatic heterocycles. The van der Waals surface area contributed by atoms with E-state index in [-0.39, 0.29) is 0 Å². The van der Waals surface area contributed by atoms with Crippen LogP contribution in [0, 0.1) is 0 Å².